The number of nitrogens with zero attached hydrogens (tertiary/aromatic N) is 3. The first kappa shape index (κ1) is 14.5. The average molecular weight is 280 g/mol. The number of rotatable bonds is 6. The highest BCUT2D eigenvalue weighted by Gasteiger charge is 2.32. The zero-order valence-corrected chi connectivity index (χ0v) is 12.0. The van der Waals surface area contributed by atoms with Crippen molar-refractivity contribution in [2.45, 2.75) is 32.4 Å². The van der Waals surface area contributed by atoms with E-state index in [1.807, 2.05) is 11.6 Å². The standard InChI is InChI=1S/C13H20N4O3/c1-9(18)6-4-5-7-20-12-10-11(14-8-16(10)2)17(3)13(19)15-12/h8,12H,4-7H2,1-3H3,(H,15,19). The normalized spacial score (nSPS) is 17.9. The predicted octanol–water partition coefficient (Wildman–Crippen LogP) is 1.35. The Hall–Kier alpha value is -1.89. The maximum absolute atomic E-state index is 11.8. The van der Waals surface area contributed by atoms with E-state index in [-0.39, 0.29) is 11.8 Å². The molecule has 110 valence electrons. The second-order valence-corrected chi connectivity index (χ2v) is 4.98. The molecule has 2 heterocycles. The molecule has 0 aromatic carbocycles. The van der Waals surface area contributed by atoms with Crippen molar-refractivity contribution in [1.29, 1.82) is 0 Å². The summed E-state index contributed by atoms with van der Waals surface area (Å²) in [6.45, 7) is 2.08. The summed E-state index contributed by atoms with van der Waals surface area (Å²) in [7, 11) is 3.54. The minimum atomic E-state index is -0.487. The van der Waals surface area contributed by atoms with Crippen LogP contribution in [0.3, 0.4) is 0 Å². The predicted molar refractivity (Wildman–Crippen MR) is 73.4 cm³/mol. The molecule has 2 rings (SSSR count). The van der Waals surface area contributed by atoms with Crippen molar-refractivity contribution >= 4 is 17.6 Å². The molecule has 0 radical (unpaired) electrons. The first-order valence-electron chi connectivity index (χ1n) is 6.67. The lowest BCUT2D eigenvalue weighted by atomic mass is 10.2. The number of anilines is 1. The molecule has 2 amide bonds. The first-order valence-corrected chi connectivity index (χ1v) is 6.67. The van der Waals surface area contributed by atoms with E-state index in [2.05, 4.69) is 10.3 Å². The van der Waals surface area contributed by atoms with E-state index < -0.39 is 6.23 Å². The fourth-order valence-electron chi connectivity index (χ4n) is 2.16. The van der Waals surface area contributed by atoms with Gasteiger partial charge in [0, 0.05) is 27.1 Å². The highest BCUT2D eigenvalue weighted by atomic mass is 16.5. The molecule has 0 spiro atoms. The van der Waals surface area contributed by atoms with Gasteiger partial charge in [-0.25, -0.2) is 9.78 Å². The quantitative estimate of drug-likeness (QED) is 0.798. The third-order valence-electron chi connectivity index (χ3n) is 3.30. The van der Waals surface area contributed by atoms with E-state index in [0.717, 1.165) is 18.5 Å². The number of carbonyl (C=O) groups excluding carboxylic acids is 2. The van der Waals surface area contributed by atoms with Gasteiger partial charge in [-0.1, -0.05) is 0 Å². The van der Waals surface area contributed by atoms with E-state index in [4.69, 9.17) is 4.74 Å². The van der Waals surface area contributed by atoms with Crippen molar-refractivity contribution in [2.75, 3.05) is 18.6 Å². The Morgan fingerprint density at radius 1 is 1.45 bits per heavy atom. The number of aromatic nitrogens is 2. The number of urea groups is 1. The van der Waals surface area contributed by atoms with Crippen LogP contribution in [0.25, 0.3) is 0 Å². The Balaban J connectivity index is 1.95. The number of fused-ring (bicyclic) bond motifs is 1. The second kappa shape index (κ2) is 6.04. The molecule has 1 atom stereocenters. The van der Waals surface area contributed by atoms with Crippen LogP contribution in [0.15, 0.2) is 6.33 Å². The molecule has 1 aliphatic rings. The van der Waals surface area contributed by atoms with Crippen LogP contribution in [0.1, 0.15) is 38.1 Å². The Bertz CT molecular complexity index is 512. The Morgan fingerprint density at radius 2 is 2.20 bits per heavy atom. The summed E-state index contributed by atoms with van der Waals surface area (Å²) >= 11 is 0. The number of imidazole rings is 1. The zero-order valence-electron chi connectivity index (χ0n) is 12.0. The average Bonchev–Trinajstić information content (AvgIpc) is 2.77. The van der Waals surface area contributed by atoms with Crippen LogP contribution >= 0.6 is 0 Å². The molecule has 1 unspecified atom stereocenters. The molecule has 0 fully saturated rings. The highest BCUT2D eigenvalue weighted by molar-refractivity contribution is 5.93. The van der Waals surface area contributed by atoms with Gasteiger partial charge < -0.3 is 19.4 Å². The lowest BCUT2D eigenvalue weighted by Gasteiger charge is -2.30. The van der Waals surface area contributed by atoms with Crippen molar-refractivity contribution in [3.05, 3.63) is 12.0 Å². The van der Waals surface area contributed by atoms with Gasteiger partial charge in [0.15, 0.2) is 12.0 Å². The number of hydrogen-bond acceptors (Lipinski definition) is 4. The molecule has 1 aromatic rings. The smallest absolute Gasteiger partial charge is 0.325 e. The molecule has 7 heteroatoms. The fraction of sp³-hybridized carbons (Fsp3) is 0.615. The highest BCUT2D eigenvalue weighted by Crippen LogP contribution is 2.29. The summed E-state index contributed by atoms with van der Waals surface area (Å²) in [6, 6.07) is -0.232. The number of aryl methyl sites for hydroxylation is 1. The molecular formula is C13H20N4O3. The van der Waals surface area contributed by atoms with Crippen LogP contribution in [0.5, 0.6) is 0 Å². The number of ketones is 1. The van der Waals surface area contributed by atoms with Crippen LogP contribution in [0.4, 0.5) is 10.6 Å². The molecule has 1 N–H and O–H groups in total. The first-order chi connectivity index (χ1) is 9.50. The summed E-state index contributed by atoms with van der Waals surface area (Å²) in [5.74, 6) is 0.802. The number of unbranched alkanes of at least 4 members (excludes halogenated alkanes) is 1. The lowest BCUT2D eigenvalue weighted by Crippen LogP contribution is -2.46. The van der Waals surface area contributed by atoms with Crippen LogP contribution in [0.2, 0.25) is 0 Å². The van der Waals surface area contributed by atoms with Gasteiger partial charge in [0.05, 0.1) is 6.33 Å². The maximum Gasteiger partial charge on any atom is 0.325 e. The number of hydrogen-bond donors (Lipinski definition) is 1. The molecule has 1 aromatic heterocycles. The molecule has 1 aliphatic heterocycles. The third kappa shape index (κ3) is 2.98. The van der Waals surface area contributed by atoms with E-state index in [1.165, 1.54) is 4.90 Å². The topological polar surface area (TPSA) is 76.5 Å². The summed E-state index contributed by atoms with van der Waals surface area (Å²) in [6.07, 6.45) is 3.33. The van der Waals surface area contributed by atoms with Crippen molar-refractivity contribution in [3.63, 3.8) is 0 Å². The van der Waals surface area contributed by atoms with Gasteiger partial charge in [0.25, 0.3) is 0 Å². The Labute approximate surface area is 117 Å². The third-order valence-corrected chi connectivity index (χ3v) is 3.30. The summed E-state index contributed by atoms with van der Waals surface area (Å²) in [5, 5.41) is 2.79. The maximum atomic E-state index is 11.8. The van der Waals surface area contributed by atoms with Gasteiger partial charge in [-0.3, -0.25) is 4.90 Å². The minimum Gasteiger partial charge on any atom is -0.352 e. The Kier molecular flexibility index (Phi) is 4.39. The van der Waals surface area contributed by atoms with Crippen molar-refractivity contribution in [2.24, 2.45) is 7.05 Å². The fourth-order valence-corrected chi connectivity index (χ4v) is 2.16. The van der Waals surface area contributed by atoms with Gasteiger partial charge in [-0.2, -0.15) is 0 Å². The van der Waals surface area contributed by atoms with E-state index >= 15 is 0 Å². The van der Waals surface area contributed by atoms with Gasteiger partial charge in [0.1, 0.15) is 11.5 Å². The number of amides is 2. The zero-order chi connectivity index (χ0) is 14.7. The second-order valence-electron chi connectivity index (χ2n) is 4.98. The largest absolute Gasteiger partial charge is 0.352 e. The SMILES string of the molecule is CC(=O)CCCCOC1NC(=O)N(C)c2ncn(C)c21. The molecule has 0 bridgehead atoms. The molecular weight excluding hydrogens is 260 g/mol. The minimum absolute atomic E-state index is 0.187. The van der Waals surface area contributed by atoms with Gasteiger partial charge in [0.2, 0.25) is 0 Å². The molecule has 7 nitrogen and oxygen atoms in total. The van der Waals surface area contributed by atoms with E-state index in [1.54, 1.807) is 20.3 Å². The van der Waals surface area contributed by atoms with E-state index in [9.17, 15) is 9.59 Å². The van der Waals surface area contributed by atoms with Crippen molar-refractivity contribution < 1.29 is 14.3 Å². The number of carbonyl (C=O) groups is 2. The number of ether oxygens (including phenoxy) is 1. The number of nitrogens with one attached hydrogen (secondary N) is 1. The van der Waals surface area contributed by atoms with Gasteiger partial charge in [-0.05, 0) is 19.8 Å². The van der Waals surface area contributed by atoms with Crippen LogP contribution in [-0.2, 0) is 16.6 Å². The molecule has 20 heavy (non-hydrogen) atoms. The summed E-state index contributed by atoms with van der Waals surface area (Å²) in [4.78, 5) is 28.3. The van der Waals surface area contributed by atoms with Crippen LogP contribution in [-0.4, -0.2) is 35.0 Å². The van der Waals surface area contributed by atoms with Crippen molar-refractivity contribution in [3.8, 4) is 0 Å². The monoisotopic (exact) mass is 280 g/mol. The molecule has 0 saturated heterocycles. The van der Waals surface area contributed by atoms with Gasteiger partial charge in [-0.15, -0.1) is 0 Å². The van der Waals surface area contributed by atoms with E-state index in [0.29, 0.717) is 18.8 Å². The van der Waals surface area contributed by atoms with Gasteiger partial charge >= 0.3 is 6.03 Å². The lowest BCUT2D eigenvalue weighted by molar-refractivity contribution is -0.117. The summed E-state index contributed by atoms with van der Waals surface area (Å²) < 4.78 is 7.56. The summed E-state index contributed by atoms with van der Waals surface area (Å²) in [5.41, 5.74) is 0.832. The Morgan fingerprint density at radius 3 is 2.90 bits per heavy atom. The molecule has 0 aliphatic carbocycles. The van der Waals surface area contributed by atoms with Crippen LogP contribution < -0.4 is 10.2 Å². The molecule has 0 saturated carbocycles. The van der Waals surface area contributed by atoms with Crippen LogP contribution in [0, 0.1) is 0 Å². The number of Topliss-reactive ketones (excluding diaryl/α,β-unsaturated/α-hetero) is 1. The van der Waals surface area contributed by atoms with Crippen molar-refractivity contribution in [1.82, 2.24) is 14.9 Å².